The quantitative estimate of drug-likeness (QED) is 0.240. The lowest BCUT2D eigenvalue weighted by molar-refractivity contribution is -0.123. The summed E-state index contributed by atoms with van der Waals surface area (Å²) >= 11 is 3.11. The van der Waals surface area contributed by atoms with Crippen molar-refractivity contribution in [1.82, 2.24) is 44.9 Å². The molecule has 4 atom stereocenters. The second kappa shape index (κ2) is 52.9. The van der Waals surface area contributed by atoms with Gasteiger partial charge in [0.2, 0.25) is 11.8 Å². The average molecular weight is 1320 g/mol. The number of imide groups is 2. The lowest BCUT2D eigenvalue weighted by Crippen LogP contribution is -2.37. The number of carbonyl (C=O) groups excluding carboxylic acids is 4. The third-order valence-corrected chi connectivity index (χ3v) is 20.5. The zero-order chi connectivity index (χ0) is 64.7. The zero-order valence-corrected chi connectivity index (χ0v) is 59.8. The maximum Gasteiger partial charge on any atom is 0.322 e. The van der Waals surface area contributed by atoms with Crippen LogP contribution in [0, 0.1) is 5.92 Å². The number of carbonyl (C=O) groups is 4. The number of thioether (sulfide) groups is 2. The minimum atomic E-state index is -2.66. The lowest BCUT2D eigenvalue weighted by atomic mass is 10.0. The molecular weight excluding hydrogens is 1190 g/mol. The van der Waals surface area contributed by atoms with Gasteiger partial charge >= 0.3 is 6.03 Å². The fourth-order valence-electron chi connectivity index (χ4n) is 9.06. The summed E-state index contributed by atoms with van der Waals surface area (Å²) in [4.78, 5) is 56.3. The summed E-state index contributed by atoms with van der Waals surface area (Å²) in [5, 5.41) is 4.30. The largest absolute Gasteiger partial charge is 0.381 e. The number of nitrogens with one attached hydrogen (secondary N) is 2. The fourth-order valence-corrected chi connectivity index (χ4v) is 13.5. The summed E-state index contributed by atoms with van der Waals surface area (Å²) in [6.45, 7) is 30.5. The van der Waals surface area contributed by atoms with Gasteiger partial charge < -0.3 is 58.4 Å². The van der Waals surface area contributed by atoms with E-state index in [2.05, 4.69) is 110 Å². The van der Waals surface area contributed by atoms with Crippen molar-refractivity contribution in [3.05, 3.63) is 0 Å². The highest BCUT2D eigenvalue weighted by atomic mass is 32.2. The van der Waals surface area contributed by atoms with Gasteiger partial charge in [-0.15, -0.1) is 0 Å². The van der Waals surface area contributed by atoms with Crippen molar-refractivity contribution in [2.24, 2.45) is 5.92 Å². The molecule has 0 radical (unpaired) electrons. The van der Waals surface area contributed by atoms with Gasteiger partial charge in [-0.25, -0.2) is 13.2 Å². The highest BCUT2D eigenvalue weighted by molar-refractivity contribution is 8.14. The van der Waals surface area contributed by atoms with Gasteiger partial charge in [0.1, 0.15) is 6.04 Å². The second-order valence-corrected chi connectivity index (χ2v) is 30.6. The number of likely N-dealkylation sites (N-methyl/N-ethyl adjacent to an activating group) is 1. The Morgan fingerprint density at radius 3 is 1.10 bits per heavy atom. The van der Waals surface area contributed by atoms with Crippen LogP contribution in [0.4, 0.5) is 9.59 Å². The highest BCUT2D eigenvalue weighted by Gasteiger charge is 2.26. The molecule has 87 heavy (non-hydrogen) atoms. The molecule has 21 nitrogen and oxygen atoms in total. The molecule has 514 valence electrons. The Hall–Kier alpha value is -1.56. The number of urea groups is 1. The van der Waals surface area contributed by atoms with Crippen LogP contribution in [0.25, 0.3) is 0 Å². The van der Waals surface area contributed by atoms with E-state index >= 15 is 0 Å². The zero-order valence-electron chi connectivity index (χ0n) is 56.5. The van der Waals surface area contributed by atoms with Gasteiger partial charge in [-0.3, -0.25) is 28.8 Å². The molecule has 0 aromatic rings. The Labute approximate surface area is 540 Å². The number of hydrogen-bond acceptors (Lipinski definition) is 20. The number of rotatable bonds is 0. The molecule has 0 aromatic carbocycles. The summed E-state index contributed by atoms with van der Waals surface area (Å²) in [6, 6.07) is -0.759. The van der Waals surface area contributed by atoms with Gasteiger partial charge in [-0.2, -0.15) is 11.8 Å². The SMILES string of the molecule is CC1CCCCO1.CC1CCCCO1.CC1CCCO1.CC1CCOCC1.CC1NC(=O)NC1=O.CN1C(=O)CSC1=O.CN1CCCC1.CN1CCCCC1.CN1CCOCC1.CN1CCS(=O)(=O)CC1.CN1CCS(=O)CC1.CN1CCSCC1. The van der Waals surface area contributed by atoms with Crippen molar-refractivity contribution in [1.29, 1.82) is 0 Å². The number of amides is 5. The maximum absolute atomic E-state index is 10.8. The van der Waals surface area contributed by atoms with Crippen LogP contribution in [0.2, 0.25) is 0 Å². The number of piperidine rings is 1. The van der Waals surface area contributed by atoms with Crippen LogP contribution < -0.4 is 10.6 Å². The van der Waals surface area contributed by atoms with Crippen molar-refractivity contribution < 1.29 is 55.5 Å². The Kier molecular flexibility index (Phi) is 50.7. The predicted molar refractivity (Wildman–Crippen MR) is 362 cm³/mol. The first-order chi connectivity index (χ1) is 41.5. The molecule has 0 saturated carbocycles. The van der Waals surface area contributed by atoms with Gasteiger partial charge in [0, 0.05) is 126 Å². The van der Waals surface area contributed by atoms with Crippen molar-refractivity contribution in [3.8, 4) is 0 Å². The van der Waals surface area contributed by atoms with Gasteiger partial charge in [-0.1, -0.05) is 25.1 Å². The molecule has 12 saturated heterocycles. The lowest BCUT2D eigenvalue weighted by Gasteiger charge is -2.21. The highest BCUT2D eigenvalue weighted by Crippen LogP contribution is 2.16. The summed E-state index contributed by atoms with van der Waals surface area (Å²) in [5.41, 5.74) is 0. The molecule has 2 N–H and O–H groups in total. The first-order valence-corrected chi connectivity index (χ1v) is 38.2. The number of nitrogens with zero attached hydrogens (tertiary/aromatic N) is 7. The van der Waals surface area contributed by atoms with E-state index in [1.807, 2.05) is 11.9 Å². The van der Waals surface area contributed by atoms with Gasteiger partial charge in [-0.05, 0) is 192 Å². The van der Waals surface area contributed by atoms with E-state index in [0.717, 1.165) is 107 Å². The van der Waals surface area contributed by atoms with Crippen molar-refractivity contribution >= 4 is 67.2 Å². The first kappa shape index (κ1) is 83.5. The number of morpholine rings is 1. The molecule has 0 aliphatic carbocycles. The van der Waals surface area contributed by atoms with Crippen LogP contribution in [0.15, 0.2) is 0 Å². The summed E-state index contributed by atoms with van der Waals surface area (Å²) in [5.74, 6) is 5.95. The minimum Gasteiger partial charge on any atom is -0.381 e. The Bertz CT molecular complexity index is 1680. The van der Waals surface area contributed by atoms with E-state index in [0.29, 0.717) is 48.7 Å². The van der Waals surface area contributed by atoms with E-state index < -0.39 is 26.7 Å². The molecule has 0 spiro atoms. The molecule has 25 heteroatoms. The molecule has 0 aromatic heterocycles. The number of ether oxygens (including phenoxy) is 5. The Morgan fingerprint density at radius 2 is 0.885 bits per heavy atom. The normalized spacial score (nSPS) is 27.3. The van der Waals surface area contributed by atoms with Crippen LogP contribution in [0.1, 0.15) is 131 Å². The van der Waals surface area contributed by atoms with Crippen molar-refractivity contribution in [3.63, 3.8) is 0 Å². The van der Waals surface area contributed by atoms with Gasteiger partial charge in [0.25, 0.3) is 5.24 Å². The molecule has 12 fully saturated rings. The molecule has 12 heterocycles. The maximum atomic E-state index is 10.8. The van der Waals surface area contributed by atoms with E-state index in [9.17, 15) is 31.8 Å². The van der Waals surface area contributed by atoms with E-state index in [1.165, 1.54) is 154 Å². The minimum absolute atomic E-state index is 0.0972. The van der Waals surface area contributed by atoms with Crippen LogP contribution in [0.5, 0.6) is 0 Å². The monoisotopic (exact) mass is 1320 g/mol. The van der Waals surface area contributed by atoms with E-state index in [-0.39, 0.29) is 23.1 Å². The van der Waals surface area contributed by atoms with E-state index in [1.54, 1.807) is 6.92 Å². The molecular formula is C62H125N9O12S4. The average Bonchev–Trinajstić information content (AvgIpc) is 4.50. The summed E-state index contributed by atoms with van der Waals surface area (Å²) < 4.78 is 58.2. The summed E-state index contributed by atoms with van der Waals surface area (Å²) in [7, 11) is 11.0. The smallest absolute Gasteiger partial charge is 0.322 e. The molecule has 5 amide bonds. The standard InChI is InChI=1S/C6H13N.3C6H12O.C5H11NO2S.C5H11NOS.C5H11NO.C5H11NS.C5H11N.C5H10O.C4H6N2O2.C4H5NO2S/c1-7-5-3-2-4-6-7;1-6-2-4-7-5-3-6;2*1-6-4-2-3-5-7-6;1-6-2-4-9(7,8)5-3-6;1-6-2-4-8(7)5-3-6;2*1-6-2-4-7-5-3-6;1-6-4-2-3-5-6;1-5-3-2-4-6-5;1-2-3(7)6-4(8)5-2;1-5-3(6)2-8-4(5)7/h2-6H2,1H3;3*6H,2-5H2,1H3;2-5H2,1H3;2-5H2,1H3;2*2-5H2,1H3;2-5H2,1H3;5H,2-4H2,1H3;2H,1H3,(H2,5,6,7,8);2H2,1H3. The number of sulfone groups is 1. The molecule has 4 unspecified atom stereocenters. The van der Waals surface area contributed by atoms with Crippen LogP contribution >= 0.6 is 23.5 Å². The molecule has 0 bridgehead atoms. The molecule has 12 rings (SSSR count). The van der Waals surface area contributed by atoms with Crippen molar-refractivity contribution in [2.45, 2.75) is 155 Å². The Morgan fingerprint density at radius 1 is 0.471 bits per heavy atom. The third kappa shape index (κ3) is 49.7. The first-order valence-electron chi connectivity index (χ1n) is 32.8. The third-order valence-electron chi connectivity index (χ3n) is 15.8. The number of hydrogen-bond donors (Lipinski definition) is 2. The molecule has 12 aliphatic heterocycles. The fraction of sp³-hybridized carbons (Fsp3) is 0.935. The number of likely N-dealkylation sites (tertiary alicyclic amines) is 2. The van der Waals surface area contributed by atoms with Crippen LogP contribution in [-0.4, -0.2) is 309 Å². The van der Waals surface area contributed by atoms with Crippen molar-refractivity contribution in [2.75, 3.05) is 214 Å². The van der Waals surface area contributed by atoms with Crippen LogP contribution in [-0.2, 0) is 53.9 Å². The van der Waals surface area contributed by atoms with E-state index in [4.69, 9.17) is 23.7 Å². The van der Waals surface area contributed by atoms with Crippen LogP contribution in [0.3, 0.4) is 0 Å². The second-order valence-electron chi connectivity index (χ2n) is 24.5. The Balaban J connectivity index is 0.000000475. The van der Waals surface area contributed by atoms with Gasteiger partial charge in [0.15, 0.2) is 9.84 Å². The predicted octanol–water partition coefficient (Wildman–Crippen LogP) is 6.75. The topological polar surface area (TPSA) is 212 Å². The summed E-state index contributed by atoms with van der Waals surface area (Å²) in [6.07, 6.45) is 21.6. The van der Waals surface area contributed by atoms with Gasteiger partial charge in [0.05, 0.1) is 48.8 Å². The molecule has 12 aliphatic rings.